The molecule has 0 spiro atoms. The molecular weight excluding hydrogens is 180 g/mol. The van der Waals surface area contributed by atoms with Gasteiger partial charge in [0.1, 0.15) is 5.15 Å². The van der Waals surface area contributed by atoms with Crippen LogP contribution in [-0.2, 0) is 0 Å². The smallest absolute Gasteiger partial charge is 0.319 e. The number of hydrogen-bond donors (Lipinski definition) is 1. The van der Waals surface area contributed by atoms with Gasteiger partial charge in [-0.05, 0) is 0 Å². The third-order valence-corrected chi connectivity index (χ3v) is 1.71. The fourth-order valence-electron chi connectivity index (χ4n) is 0.872. The van der Waals surface area contributed by atoms with Crippen LogP contribution in [0, 0.1) is 0 Å². The molecule has 0 radical (unpaired) electrons. The number of aromatic amines is 1. The van der Waals surface area contributed by atoms with Crippen LogP contribution < -0.4 is 4.74 Å². The number of H-pyrrole nitrogens is 1. The Bertz CT molecular complexity index is 413. The number of halogens is 1. The predicted molar refractivity (Wildman–Crippen MR) is 43.2 cm³/mol. The Labute approximate surface area is 72.7 Å². The van der Waals surface area contributed by atoms with Crippen molar-refractivity contribution < 1.29 is 4.74 Å². The number of aromatic nitrogens is 4. The lowest BCUT2D eigenvalue weighted by Gasteiger charge is -1.96. The highest BCUT2D eigenvalue weighted by molar-refractivity contribution is 6.33. The van der Waals surface area contributed by atoms with Crippen molar-refractivity contribution in [2.75, 3.05) is 7.11 Å². The highest BCUT2D eigenvalue weighted by atomic mass is 35.5. The van der Waals surface area contributed by atoms with Gasteiger partial charge in [-0.1, -0.05) is 11.6 Å². The molecule has 1 N–H and O–H groups in total. The lowest BCUT2D eigenvalue weighted by molar-refractivity contribution is 0.381. The van der Waals surface area contributed by atoms with Crippen LogP contribution in [0.1, 0.15) is 0 Å². The summed E-state index contributed by atoms with van der Waals surface area (Å²) >= 11 is 5.79. The minimum absolute atomic E-state index is 0.233. The SMILES string of the molecule is COc1nc(Cl)c2cn[nH]c2n1. The van der Waals surface area contributed by atoms with E-state index in [2.05, 4.69) is 20.2 Å². The molecule has 0 atom stereocenters. The highest BCUT2D eigenvalue weighted by Crippen LogP contribution is 2.19. The lowest BCUT2D eigenvalue weighted by atomic mass is 10.4. The molecule has 0 saturated heterocycles. The van der Waals surface area contributed by atoms with E-state index in [0.717, 1.165) is 0 Å². The molecule has 2 rings (SSSR count). The standard InChI is InChI=1S/C6H5ClN4O/c1-12-6-9-4(7)3-2-8-11-5(3)10-6/h2H,1H3,(H,8,9,10,11). The van der Waals surface area contributed by atoms with Crippen LogP contribution in [-0.4, -0.2) is 27.3 Å². The monoisotopic (exact) mass is 184 g/mol. The first-order chi connectivity index (χ1) is 5.81. The van der Waals surface area contributed by atoms with Crippen molar-refractivity contribution in [3.8, 4) is 6.01 Å². The molecule has 0 aliphatic carbocycles. The first kappa shape index (κ1) is 7.30. The van der Waals surface area contributed by atoms with E-state index < -0.39 is 0 Å². The third-order valence-electron chi connectivity index (χ3n) is 1.43. The maximum absolute atomic E-state index is 5.79. The van der Waals surface area contributed by atoms with Gasteiger partial charge in [-0.25, -0.2) is 0 Å². The van der Waals surface area contributed by atoms with Crippen LogP contribution in [0.4, 0.5) is 0 Å². The molecule has 62 valence electrons. The van der Waals surface area contributed by atoms with E-state index in [9.17, 15) is 0 Å². The van der Waals surface area contributed by atoms with Crippen LogP contribution in [0.2, 0.25) is 5.15 Å². The molecule has 0 bridgehead atoms. The molecule has 0 fully saturated rings. The van der Waals surface area contributed by atoms with E-state index >= 15 is 0 Å². The average molecular weight is 185 g/mol. The summed E-state index contributed by atoms with van der Waals surface area (Å²) in [6.45, 7) is 0. The first-order valence-corrected chi connectivity index (χ1v) is 3.59. The van der Waals surface area contributed by atoms with Gasteiger partial charge < -0.3 is 4.74 Å². The maximum atomic E-state index is 5.79. The normalized spacial score (nSPS) is 10.5. The summed E-state index contributed by atoms with van der Waals surface area (Å²) in [6, 6.07) is 0.233. The number of fused-ring (bicyclic) bond motifs is 1. The van der Waals surface area contributed by atoms with E-state index in [1.165, 1.54) is 7.11 Å². The molecule has 0 saturated carbocycles. The first-order valence-electron chi connectivity index (χ1n) is 3.22. The van der Waals surface area contributed by atoms with Gasteiger partial charge in [-0.15, -0.1) is 0 Å². The van der Waals surface area contributed by atoms with E-state index in [1.807, 2.05) is 0 Å². The fraction of sp³-hybridized carbons (Fsp3) is 0.167. The molecule has 2 heterocycles. The van der Waals surface area contributed by atoms with Gasteiger partial charge in [0.25, 0.3) is 0 Å². The Morgan fingerprint density at radius 1 is 1.50 bits per heavy atom. The van der Waals surface area contributed by atoms with E-state index in [4.69, 9.17) is 16.3 Å². The molecule has 0 aliphatic rings. The average Bonchev–Trinajstić information content (AvgIpc) is 2.52. The van der Waals surface area contributed by atoms with Gasteiger partial charge in [-0.2, -0.15) is 15.1 Å². The molecule has 0 unspecified atom stereocenters. The summed E-state index contributed by atoms with van der Waals surface area (Å²) in [5, 5.41) is 7.47. The second kappa shape index (κ2) is 2.60. The fourth-order valence-corrected chi connectivity index (χ4v) is 1.08. The van der Waals surface area contributed by atoms with Crippen molar-refractivity contribution in [2.24, 2.45) is 0 Å². The zero-order chi connectivity index (χ0) is 8.55. The quantitative estimate of drug-likeness (QED) is 0.672. The summed E-state index contributed by atoms with van der Waals surface area (Å²) in [5.74, 6) is 0. The Morgan fingerprint density at radius 2 is 2.33 bits per heavy atom. The van der Waals surface area contributed by atoms with E-state index in [-0.39, 0.29) is 6.01 Å². The Kier molecular flexibility index (Phi) is 1.58. The predicted octanol–water partition coefficient (Wildman–Crippen LogP) is 1.01. The molecular formula is C6H5ClN4O. The maximum Gasteiger partial charge on any atom is 0.319 e. The Hall–Kier alpha value is -1.36. The zero-order valence-electron chi connectivity index (χ0n) is 6.21. The number of methoxy groups -OCH3 is 1. The molecule has 5 nitrogen and oxygen atoms in total. The van der Waals surface area contributed by atoms with Crippen molar-refractivity contribution in [3.05, 3.63) is 11.3 Å². The second-order valence-corrected chi connectivity index (χ2v) is 2.49. The van der Waals surface area contributed by atoms with Gasteiger partial charge >= 0.3 is 6.01 Å². The molecule has 0 aliphatic heterocycles. The van der Waals surface area contributed by atoms with Crippen LogP contribution in [0.5, 0.6) is 6.01 Å². The Morgan fingerprint density at radius 3 is 3.08 bits per heavy atom. The molecule has 0 aromatic carbocycles. The van der Waals surface area contributed by atoms with E-state index in [0.29, 0.717) is 16.2 Å². The van der Waals surface area contributed by atoms with Gasteiger partial charge in [0.2, 0.25) is 0 Å². The topological polar surface area (TPSA) is 63.7 Å². The van der Waals surface area contributed by atoms with Gasteiger partial charge in [0.05, 0.1) is 18.7 Å². The largest absolute Gasteiger partial charge is 0.467 e. The summed E-state index contributed by atoms with van der Waals surface area (Å²) in [7, 11) is 1.48. The second-order valence-electron chi connectivity index (χ2n) is 2.13. The van der Waals surface area contributed by atoms with Gasteiger partial charge in [0.15, 0.2) is 5.65 Å². The van der Waals surface area contributed by atoms with E-state index in [1.54, 1.807) is 6.20 Å². The number of hydrogen-bond acceptors (Lipinski definition) is 4. The summed E-state index contributed by atoms with van der Waals surface area (Å²) < 4.78 is 4.82. The van der Waals surface area contributed by atoms with Crippen LogP contribution >= 0.6 is 11.6 Å². The van der Waals surface area contributed by atoms with Gasteiger partial charge in [-0.3, -0.25) is 5.10 Å². The van der Waals surface area contributed by atoms with Crippen molar-refractivity contribution >= 4 is 22.6 Å². The number of nitrogens with one attached hydrogen (secondary N) is 1. The molecule has 2 aromatic heterocycles. The number of ether oxygens (including phenoxy) is 1. The van der Waals surface area contributed by atoms with Crippen LogP contribution in [0.25, 0.3) is 11.0 Å². The molecule has 0 amide bonds. The van der Waals surface area contributed by atoms with Gasteiger partial charge in [0, 0.05) is 0 Å². The molecule has 6 heteroatoms. The minimum atomic E-state index is 0.233. The third kappa shape index (κ3) is 0.984. The summed E-state index contributed by atoms with van der Waals surface area (Å²) in [4.78, 5) is 7.84. The van der Waals surface area contributed by atoms with Crippen LogP contribution in [0.3, 0.4) is 0 Å². The summed E-state index contributed by atoms with van der Waals surface area (Å²) in [5.41, 5.74) is 0.576. The summed E-state index contributed by atoms with van der Waals surface area (Å²) in [6.07, 6.45) is 1.57. The van der Waals surface area contributed by atoms with Crippen molar-refractivity contribution in [2.45, 2.75) is 0 Å². The van der Waals surface area contributed by atoms with Crippen molar-refractivity contribution in [1.82, 2.24) is 20.2 Å². The molecule has 12 heavy (non-hydrogen) atoms. The molecule has 2 aromatic rings. The number of rotatable bonds is 1. The van der Waals surface area contributed by atoms with Crippen LogP contribution in [0.15, 0.2) is 6.20 Å². The minimum Gasteiger partial charge on any atom is -0.467 e. The van der Waals surface area contributed by atoms with Crippen molar-refractivity contribution in [3.63, 3.8) is 0 Å². The zero-order valence-corrected chi connectivity index (χ0v) is 6.96. The highest BCUT2D eigenvalue weighted by Gasteiger charge is 2.06. The van der Waals surface area contributed by atoms with Crippen molar-refractivity contribution in [1.29, 1.82) is 0 Å². The lowest BCUT2D eigenvalue weighted by Crippen LogP contribution is -1.92. The Balaban J connectivity index is 2.75. The number of nitrogens with zero attached hydrogens (tertiary/aromatic N) is 3.